The van der Waals surface area contributed by atoms with Gasteiger partial charge in [0, 0.05) is 11.0 Å². The van der Waals surface area contributed by atoms with Crippen LogP contribution < -0.4 is 0 Å². The molecule has 0 radical (unpaired) electrons. The molecule has 0 atom stereocenters. The minimum absolute atomic E-state index is 0.0716. The summed E-state index contributed by atoms with van der Waals surface area (Å²) in [4.78, 5) is 13.5. The molecule has 0 aliphatic rings. The number of hydrogen-bond acceptors (Lipinski definition) is 5. The van der Waals surface area contributed by atoms with Crippen molar-refractivity contribution in [1.82, 2.24) is 0 Å². The standard InChI is InChI=1S/C9H11ClN4O2S2Si/c1-19(2,3)18-17-9-7(14(15)16)5-4-6(8(9)10)12-13-11/h4-5H,1-3H3. The maximum Gasteiger partial charge on any atom is 0.285 e. The zero-order valence-corrected chi connectivity index (χ0v) is 13.8. The van der Waals surface area contributed by atoms with E-state index in [4.69, 9.17) is 17.1 Å². The van der Waals surface area contributed by atoms with Crippen LogP contribution in [0.4, 0.5) is 11.4 Å². The van der Waals surface area contributed by atoms with Gasteiger partial charge in [-0.05, 0) is 11.6 Å². The van der Waals surface area contributed by atoms with E-state index in [2.05, 4.69) is 29.7 Å². The molecule has 0 aliphatic heterocycles. The number of nitro groups is 1. The Kier molecular flexibility index (Phi) is 5.57. The van der Waals surface area contributed by atoms with E-state index in [1.807, 2.05) is 0 Å². The first kappa shape index (κ1) is 16.2. The van der Waals surface area contributed by atoms with Gasteiger partial charge < -0.3 is 0 Å². The number of halogens is 1. The van der Waals surface area contributed by atoms with Crippen LogP contribution in [0.2, 0.25) is 24.7 Å². The molecule has 0 bridgehead atoms. The third-order valence-electron chi connectivity index (χ3n) is 1.78. The molecule has 0 unspecified atom stereocenters. The Labute approximate surface area is 123 Å². The molecule has 0 N–H and O–H groups in total. The SMILES string of the molecule is C[Si](C)(C)SSc1c([N+](=O)[O-])ccc(N=[N+]=[N-])c1Cl. The molecule has 0 aliphatic carbocycles. The predicted molar refractivity (Wildman–Crippen MR) is 83.7 cm³/mol. The van der Waals surface area contributed by atoms with Crippen molar-refractivity contribution in [1.29, 1.82) is 0 Å². The van der Waals surface area contributed by atoms with E-state index in [0.717, 1.165) is 0 Å². The second kappa shape index (κ2) is 6.53. The normalized spacial score (nSPS) is 10.9. The summed E-state index contributed by atoms with van der Waals surface area (Å²) in [7, 11) is 1.40. The maximum absolute atomic E-state index is 11.0. The van der Waals surface area contributed by atoms with Gasteiger partial charge in [0.05, 0.1) is 15.6 Å². The van der Waals surface area contributed by atoms with Crippen molar-refractivity contribution in [3.05, 3.63) is 37.7 Å². The minimum Gasteiger partial charge on any atom is -0.258 e. The Morgan fingerprint density at radius 3 is 2.58 bits per heavy atom. The van der Waals surface area contributed by atoms with Gasteiger partial charge in [-0.3, -0.25) is 10.1 Å². The molecule has 102 valence electrons. The highest BCUT2D eigenvalue weighted by Gasteiger charge is 2.23. The Hall–Kier alpha value is -0.863. The second-order valence-electron chi connectivity index (χ2n) is 4.47. The highest BCUT2D eigenvalue weighted by atomic mass is 35.5. The average Bonchev–Trinajstić information content (AvgIpc) is 2.28. The Morgan fingerprint density at radius 2 is 2.11 bits per heavy atom. The van der Waals surface area contributed by atoms with Gasteiger partial charge in [0.25, 0.3) is 5.69 Å². The van der Waals surface area contributed by atoms with Crippen molar-refractivity contribution in [2.75, 3.05) is 0 Å². The molecule has 1 aromatic carbocycles. The molecule has 0 heterocycles. The summed E-state index contributed by atoms with van der Waals surface area (Å²) < 4.78 is 0. The lowest BCUT2D eigenvalue weighted by atomic mass is 10.3. The van der Waals surface area contributed by atoms with Crippen molar-refractivity contribution < 1.29 is 4.92 Å². The third-order valence-corrected chi connectivity index (χ3v) is 10.9. The number of azide groups is 1. The Bertz CT molecular complexity index is 558. The van der Waals surface area contributed by atoms with Crippen molar-refractivity contribution >= 4 is 51.2 Å². The minimum atomic E-state index is -1.46. The van der Waals surface area contributed by atoms with E-state index in [0.29, 0.717) is 4.90 Å². The van der Waals surface area contributed by atoms with E-state index in [1.54, 1.807) is 10.2 Å². The van der Waals surface area contributed by atoms with Crippen LogP contribution >= 0.6 is 32.6 Å². The fourth-order valence-electron chi connectivity index (χ4n) is 1.05. The molecular weight excluding hydrogens is 324 g/mol. The quantitative estimate of drug-likeness (QED) is 0.130. The molecule has 1 rings (SSSR count). The second-order valence-corrected chi connectivity index (χ2v) is 16.0. The van der Waals surface area contributed by atoms with Gasteiger partial charge in [0.15, 0.2) is 0 Å². The van der Waals surface area contributed by atoms with Crippen LogP contribution in [0, 0.1) is 10.1 Å². The van der Waals surface area contributed by atoms with Crippen molar-refractivity contribution in [3.63, 3.8) is 0 Å². The van der Waals surface area contributed by atoms with Crippen LogP contribution in [0.5, 0.6) is 0 Å². The van der Waals surface area contributed by atoms with Gasteiger partial charge >= 0.3 is 0 Å². The lowest BCUT2D eigenvalue weighted by Gasteiger charge is -2.14. The number of rotatable bonds is 5. The van der Waals surface area contributed by atoms with Crippen molar-refractivity contribution in [3.8, 4) is 0 Å². The van der Waals surface area contributed by atoms with E-state index >= 15 is 0 Å². The fraction of sp³-hybridized carbons (Fsp3) is 0.333. The molecule has 10 heteroatoms. The highest BCUT2D eigenvalue weighted by molar-refractivity contribution is 8.87. The first-order valence-electron chi connectivity index (χ1n) is 5.14. The monoisotopic (exact) mass is 334 g/mol. The lowest BCUT2D eigenvalue weighted by Crippen LogP contribution is -2.11. The number of hydrogen-bond donors (Lipinski definition) is 0. The fourth-order valence-corrected chi connectivity index (χ4v) is 6.75. The molecule has 0 spiro atoms. The molecule has 0 saturated carbocycles. The summed E-state index contributed by atoms with van der Waals surface area (Å²) in [6.45, 7) is 6.38. The number of nitro benzene ring substituents is 1. The first-order chi connectivity index (χ1) is 8.76. The summed E-state index contributed by atoms with van der Waals surface area (Å²) in [5.74, 6) is 0. The van der Waals surface area contributed by atoms with E-state index in [-0.39, 0.29) is 16.4 Å². The lowest BCUT2D eigenvalue weighted by molar-refractivity contribution is -0.387. The van der Waals surface area contributed by atoms with Gasteiger partial charge in [-0.15, -0.1) is 10.2 Å². The van der Waals surface area contributed by atoms with Crippen molar-refractivity contribution in [2.24, 2.45) is 5.11 Å². The summed E-state index contributed by atoms with van der Waals surface area (Å²) in [6.07, 6.45) is 0. The number of benzene rings is 1. The predicted octanol–water partition coefficient (Wildman–Crippen LogP) is 5.77. The summed E-state index contributed by atoms with van der Waals surface area (Å²) >= 11 is 6.08. The first-order valence-corrected chi connectivity index (χ1v) is 11.9. The molecule has 19 heavy (non-hydrogen) atoms. The molecule has 0 amide bonds. The van der Waals surface area contributed by atoms with E-state index in [9.17, 15) is 10.1 Å². The zero-order valence-electron chi connectivity index (χ0n) is 10.5. The Morgan fingerprint density at radius 1 is 1.47 bits per heavy atom. The van der Waals surface area contributed by atoms with E-state index < -0.39 is 12.1 Å². The number of nitrogens with zero attached hydrogens (tertiary/aromatic N) is 4. The van der Waals surface area contributed by atoms with Gasteiger partial charge in [-0.2, -0.15) is 0 Å². The molecule has 0 saturated heterocycles. The summed E-state index contributed by atoms with van der Waals surface area (Å²) in [5, 5.41) is 14.6. The van der Waals surface area contributed by atoms with Gasteiger partial charge in [-0.1, -0.05) is 47.2 Å². The maximum atomic E-state index is 11.0. The topological polar surface area (TPSA) is 91.9 Å². The highest BCUT2D eigenvalue weighted by Crippen LogP contribution is 2.48. The van der Waals surface area contributed by atoms with Crippen LogP contribution in [0.1, 0.15) is 0 Å². The molecule has 0 aromatic heterocycles. The van der Waals surface area contributed by atoms with E-state index in [1.165, 1.54) is 22.9 Å². The largest absolute Gasteiger partial charge is 0.285 e. The average molecular weight is 335 g/mol. The van der Waals surface area contributed by atoms with Crippen LogP contribution in [0.3, 0.4) is 0 Å². The smallest absolute Gasteiger partial charge is 0.258 e. The summed E-state index contributed by atoms with van der Waals surface area (Å²) in [6, 6.07) is 2.66. The van der Waals surface area contributed by atoms with Gasteiger partial charge in [0.1, 0.15) is 12.1 Å². The molecule has 1 aromatic rings. The molecule has 6 nitrogen and oxygen atoms in total. The van der Waals surface area contributed by atoms with Crippen LogP contribution in [0.25, 0.3) is 10.4 Å². The van der Waals surface area contributed by atoms with Crippen LogP contribution in [-0.4, -0.2) is 12.1 Å². The molecular formula is C9H11ClN4O2S2Si. The van der Waals surface area contributed by atoms with Crippen LogP contribution in [0.15, 0.2) is 22.1 Å². The van der Waals surface area contributed by atoms with Crippen molar-refractivity contribution in [2.45, 2.75) is 24.5 Å². The zero-order chi connectivity index (χ0) is 14.6. The summed E-state index contributed by atoms with van der Waals surface area (Å²) in [5.41, 5.74) is 8.56. The Balaban J connectivity index is 3.26. The van der Waals surface area contributed by atoms with Gasteiger partial charge in [-0.25, -0.2) is 0 Å². The third kappa shape index (κ3) is 4.63. The molecule has 0 fully saturated rings. The van der Waals surface area contributed by atoms with Gasteiger partial charge in [0.2, 0.25) is 0 Å². The van der Waals surface area contributed by atoms with Crippen LogP contribution in [-0.2, 0) is 0 Å².